The number of aromatic nitrogens is 1. The Balaban J connectivity index is 1.28. The van der Waals surface area contributed by atoms with Gasteiger partial charge in [-0.1, -0.05) is 72.0 Å². The number of thioether (sulfide) groups is 1. The monoisotopic (exact) mass is 526 g/mol. The Morgan fingerprint density at radius 3 is 2.06 bits per heavy atom. The molecule has 4 aromatic carbocycles. The average molecular weight is 527 g/mol. The van der Waals surface area contributed by atoms with E-state index in [0.717, 1.165) is 32.1 Å². The van der Waals surface area contributed by atoms with Gasteiger partial charge >= 0.3 is 0 Å². The third kappa shape index (κ3) is 6.09. The summed E-state index contributed by atoms with van der Waals surface area (Å²) in [6.07, 6.45) is 0. The molecule has 5 nitrogen and oxygen atoms in total. The highest BCUT2D eigenvalue weighted by Crippen LogP contribution is 2.37. The summed E-state index contributed by atoms with van der Waals surface area (Å²) < 4.78 is 1.04. The molecule has 1 atom stereocenters. The van der Waals surface area contributed by atoms with Crippen molar-refractivity contribution in [2.75, 3.05) is 16.0 Å². The lowest BCUT2D eigenvalue weighted by Gasteiger charge is -2.17. The number of carbonyl (C=O) groups excluding carboxylic acids is 1. The zero-order valence-corrected chi connectivity index (χ0v) is 21.5. The van der Waals surface area contributed by atoms with Crippen LogP contribution in [0.5, 0.6) is 0 Å². The van der Waals surface area contributed by atoms with Crippen molar-refractivity contribution in [3.05, 3.63) is 115 Å². The Hall–Kier alpha value is -3.72. The van der Waals surface area contributed by atoms with Gasteiger partial charge in [0.05, 0.1) is 10.2 Å². The summed E-state index contributed by atoms with van der Waals surface area (Å²) in [5.41, 5.74) is 3.59. The lowest BCUT2D eigenvalue weighted by molar-refractivity contribution is -0.115. The number of carbonyl (C=O) groups is 1. The first kappa shape index (κ1) is 24.0. The maximum Gasteiger partial charge on any atom is 0.244 e. The van der Waals surface area contributed by atoms with Gasteiger partial charge in [-0.2, -0.15) is 0 Å². The number of amides is 1. The van der Waals surface area contributed by atoms with E-state index in [9.17, 15) is 4.79 Å². The highest BCUT2D eigenvalue weighted by Gasteiger charge is 2.23. The van der Waals surface area contributed by atoms with Crippen molar-refractivity contribution in [1.29, 1.82) is 0 Å². The van der Waals surface area contributed by atoms with Gasteiger partial charge in [-0.15, -0.1) is 11.8 Å². The number of fused-ring (bicyclic) bond motifs is 1. The quantitative estimate of drug-likeness (QED) is 0.150. The molecule has 0 saturated heterocycles. The van der Waals surface area contributed by atoms with Crippen molar-refractivity contribution in [2.24, 2.45) is 0 Å². The van der Waals surface area contributed by atoms with Gasteiger partial charge in [-0.3, -0.25) is 4.79 Å². The van der Waals surface area contributed by atoms with Gasteiger partial charge in [0.15, 0.2) is 10.2 Å². The van der Waals surface area contributed by atoms with Crippen molar-refractivity contribution >= 4 is 73.1 Å². The molecule has 0 aliphatic heterocycles. The van der Waals surface area contributed by atoms with Crippen LogP contribution in [0.2, 0.25) is 0 Å². The number of hydrogen-bond acceptors (Lipinski definition) is 5. The molecule has 0 aliphatic carbocycles. The van der Waals surface area contributed by atoms with Crippen molar-refractivity contribution in [3.63, 3.8) is 0 Å². The largest absolute Gasteiger partial charge is 0.332 e. The Morgan fingerprint density at radius 2 is 1.36 bits per heavy atom. The molecule has 0 spiro atoms. The molecule has 0 aliphatic rings. The minimum Gasteiger partial charge on any atom is -0.332 e. The second kappa shape index (κ2) is 11.3. The molecule has 5 aromatic rings. The number of thiocarbonyl (C=S) groups is 1. The van der Waals surface area contributed by atoms with Crippen LogP contribution in [0.1, 0.15) is 10.8 Å². The molecule has 0 bridgehead atoms. The van der Waals surface area contributed by atoms with E-state index in [1.165, 1.54) is 23.1 Å². The van der Waals surface area contributed by atoms with Crippen molar-refractivity contribution in [2.45, 2.75) is 10.1 Å². The Labute approximate surface area is 223 Å². The van der Waals surface area contributed by atoms with Gasteiger partial charge in [-0.05, 0) is 66.3 Å². The first-order valence-electron chi connectivity index (χ1n) is 11.3. The van der Waals surface area contributed by atoms with Crippen LogP contribution in [0.3, 0.4) is 0 Å². The van der Waals surface area contributed by atoms with Crippen LogP contribution in [-0.4, -0.2) is 16.0 Å². The molecule has 0 saturated carbocycles. The summed E-state index contributed by atoms with van der Waals surface area (Å²) >= 11 is 8.39. The minimum atomic E-state index is -0.433. The number of nitrogens with one attached hydrogen (secondary N) is 3. The van der Waals surface area contributed by atoms with Crippen LogP contribution < -0.4 is 16.0 Å². The molecule has 1 amide bonds. The van der Waals surface area contributed by atoms with Crippen molar-refractivity contribution in [3.8, 4) is 0 Å². The summed E-state index contributed by atoms with van der Waals surface area (Å²) in [6.45, 7) is 0. The van der Waals surface area contributed by atoms with Crippen LogP contribution in [0, 0.1) is 0 Å². The SMILES string of the molecule is O=C(Nc1nc2ccccc2s1)C(Sc1ccc(NC(=S)Nc2ccccc2)cc1)c1ccccc1. The van der Waals surface area contributed by atoms with Crippen molar-refractivity contribution < 1.29 is 4.79 Å². The molecular formula is C28H22N4OS3. The maximum atomic E-state index is 13.4. The third-order valence-corrected chi connectivity index (χ3v) is 7.68. The minimum absolute atomic E-state index is 0.110. The van der Waals surface area contributed by atoms with Gasteiger partial charge < -0.3 is 16.0 Å². The summed E-state index contributed by atoms with van der Waals surface area (Å²) in [5.74, 6) is -0.110. The number of anilines is 3. The second-order valence-corrected chi connectivity index (χ2v) is 10.5. The Kier molecular flexibility index (Phi) is 7.56. The number of rotatable bonds is 7. The first-order chi connectivity index (χ1) is 17.6. The second-order valence-electron chi connectivity index (χ2n) is 7.85. The lowest BCUT2D eigenvalue weighted by Crippen LogP contribution is -2.19. The fourth-order valence-electron chi connectivity index (χ4n) is 3.57. The molecule has 5 rings (SSSR count). The smallest absolute Gasteiger partial charge is 0.244 e. The highest BCUT2D eigenvalue weighted by atomic mass is 32.2. The average Bonchev–Trinajstić information content (AvgIpc) is 3.31. The number of benzene rings is 4. The lowest BCUT2D eigenvalue weighted by atomic mass is 10.1. The molecule has 8 heteroatoms. The predicted octanol–water partition coefficient (Wildman–Crippen LogP) is 7.58. The number of nitrogens with zero attached hydrogens (tertiary/aromatic N) is 1. The van der Waals surface area contributed by atoms with Gasteiger partial charge in [0, 0.05) is 16.3 Å². The van der Waals surface area contributed by atoms with Crippen LogP contribution in [0.15, 0.2) is 114 Å². The summed E-state index contributed by atoms with van der Waals surface area (Å²) in [5, 5.41) is 10.1. The van der Waals surface area contributed by atoms with Gasteiger partial charge in [0.2, 0.25) is 5.91 Å². The Bertz CT molecular complexity index is 1440. The number of thiazole rings is 1. The van der Waals surface area contributed by atoms with Gasteiger partial charge in [0.1, 0.15) is 5.25 Å². The Morgan fingerprint density at radius 1 is 0.750 bits per heavy atom. The van der Waals surface area contributed by atoms with E-state index in [-0.39, 0.29) is 5.91 Å². The van der Waals surface area contributed by atoms with E-state index in [0.29, 0.717) is 10.2 Å². The molecule has 0 fully saturated rings. The van der Waals surface area contributed by atoms with E-state index in [1.54, 1.807) is 0 Å². The predicted molar refractivity (Wildman–Crippen MR) is 156 cm³/mol. The van der Waals surface area contributed by atoms with Gasteiger partial charge in [0.25, 0.3) is 0 Å². The molecule has 0 radical (unpaired) electrons. The fraction of sp³-hybridized carbons (Fsp3) is 0.0357. The number of para-hydroxylation sites is 2. The molecule has 1 heterocycles. The van der Waals surface area contributed by atoms with Crippen molar-refractivity contribution in [1.82, 2.24) is 4.98 Å². The third-order valence-electron chi connectivity index (χ3n) is 5.26. The van der Waals surface area contributed by atoms with Crippen LogP contribution in [0.4, 0.5) is 16.5 Å². The van der Waals surface area contributed by atoms with Crippen LogP contribution in [0.25, 0.3) is 10.2 Å². The fourth-order valence-corrected chi connectivity index (χ4v) is 5.69. The maximum absolute atomic E-state index is 13.4. The summed E-state index contributed by atoms with van der Waals surface area (Å²) in [6, 6.07) is 35.3. The molecule has 1 unspecified atom stereocenters. The molecule has 3 N–H and O–H groups in total. The molecule has 36 heavy (non-hydrogen) atoms. The van der Waals surface area contributed by atoms with E-state index in [1.807, 2.05) is 109 Å². The molecule has 1 aromatic heterocycles. The van der Waals surface area contributed by atoms with E-state index < -0.39 is 5.25 Å². The number of hydrogen-bond donors (Lipinski definition) is 3. The van der Waals surface area contributed by atoms with Crippen LogP contribution in [-0.2, 0) is 4.79 Å². The zero-order chi connectivity index (χ0) is 24.7. The molecular weight excluding hydrogens is 505 g/mol. The summed E-state index contributed by atoms with van der Waals surface area (Å²) in [7, 11) is 0. The van der Waals surface area contributed by atoms with E-state index in [2.05, 4.69) is 20.9 Å². The normalized spacial score (nSPS) is 11.6. The van der Waals surface area contributed by atoms with E-state index in [4.69, 9.17) is 12.2 Å². The zero-order valence-electron chi connectivity index (χ0n) is 19.0. The van der Waals surface area contributed by atoms with Crippen LogP contribution >= 0.6 is 35.3 Å². The summed E-state index contributed by atoms with van der Waals surface area (Å²) in [4.78, 5) is 18.9. The van der Waals surface area contributed by atoms with Gasteiger partial charge in [-0.25, -0.2) is 4.98 Å². The molecule has 178 valence electrons. The standard InChI is InChI=1S/C28H22N4OS3/c33-26(32-28-31-23-13-7-8-14-24(23)36-28)25(19-9-3-1-4-10-19)35-22-17-15-21(16-18-22)30-27(34)29-20-11-5-2-6-12-20/h1-18,25H,(H2,29,30,34)(H,31,32,33). The van der Waals surface area contributed by atoms with E-state index >= 15 is 0 Å². The first-order valence-corrected chi connectivity index (χ1v) is 13.4. The topological polar surface area (TPSA) is 66.0 Å². The highest BCUT2D eigenvalue weighted by molar-refractivity contribution is 8.00.